The second-order valence-electron chi connectivity index (χ2n) is 16.8. The first-order valence-electron chi connectivity index (χ1n) is 21.7. The molecule has 0 atom stereocenters. The first kappa shape index (κ1) is 34.5. The number of rotatable bonds is 7. The normalized spacial score (nSPS) is 12.9. The summed E-state index contributed by atoms with van der Waals surface area (Å²) >= 11 is 0. The van der Waals surface area contributed by atoms with Crippen molar-refractivity contribution in [2.75, 3.05) is 0 Å². The zero-order valence-corrected chi connectivity index (χ0v) is 36.4. The number of fused-ring (bicyclic) bond motifs is 1. The Morgan fingerprint density at radius 2 is 1.38 bits per heavy atom. The number of ether oxygens (including phenoxy) is 1. The Bertz CT molecular complexity index is 3030. The van der Waals surface area contributed by atoms with Crippen LogP contribution in [0.3, 0.4) is 0 Å². The third-order valence-electron chi connectivity index (χ3n) is 10.5. The van der Waals surface area contributed by atoms with Crippen molar-refractivity contribution in [2.24, 2.45) is 0 Å². The Morgan fingerprint density at radius 3 is 2.09 bits per heavy atom. The minimum absolute atomic E-state index is 0. The van der Waals surface area contributed by atoms with E-state index in [4.69, 9.17) is 21.6 Å². The first-order chi connectivity index (χ1) is 29.3. The van der Waals surface area contributed by atoms with Crippen molar-refractivity contribution in [1.29, 1.82) is 0 Å². The van der Waals surface area contributed by atoms with Crippen molar-refractivity contribution in [3.63, 3.8) is 0 Å². The van der Waals surface area contributed by atoms with Gasteiger partial charge >= 0.3 is 21.1 Å². The number of benzene rings is 6. The van der Waals surface area contributed by atoms with Crippen LogP contribution in [0.2, 0.25) is 0 Å². The first-order valence-corrected chi connectivity index (χ1v) is 19.2. The van der Waals surface area contributed by atoms with Crippen molar-refractivity contribution >= 4 is 11.0 Å². The number of aromatic nitrogens is 3. The van der Waals surface area contributed by atoms with Gasteiger partial charge in [0.2, 0.25) is 0 Å². The van der Waals surface area contributed by atoms with Crippen LogP contribution in [0.5, 0.6) is 5.75 Å². The summed E-state index contributed by atoms with van der Waals surface area (Å²) in [5.74, 6) is 1.36. The van der Waals surface area contributed by atoms with Gasteiger partial charge in [-0.2, -0.15) is 7.11 Å². The van der Waals surface area contributed by atoms with Gasteiger partial charge in [-0.25, -0.2) is 4.98 Å². The average molecular weight is 944 g/mol. The van der Waals surface area contributed by atoms with Gasteiger partial charge in [-0.15, -0.1) is 29.3 Å². The fraction of sp³-hybridized carbons (Fsp3) is 0.189. The monoisotopic (exact) mass is 943 g/mol. The van der Waals surface area contributed by atoms with Gasteiger partial charge in [0, 0.05) is 17.6 Å². The van der Waals surface area contributed by atoms with Gasteiger partial charge in [-0.1, -0.05) is 144 Å². The molecule has 2 aromatic heterocycles. The molecular formula is C53H49N3OPt. The fourth-order valence-electron chi connectivity index (χ4n) is 7.45. The predicted molar refractivity (Wildman–Crippen MR) is 238 cm³/mol. The molecule has 0 spiro atoms. The molecule has 6 aromatic carbocycles. The van der Waals surface area contributed by atoms with E-state index in [1.807, 2.05) is 13.0 Å². The van der Waals surface area contributed by atoms with E-state index in [1.165, 1.54) is 5.56 Å². The van der Waals surface area contributed by atoms with Crippen LogP contribution in [0.15, 0.2) is 140 Å². The van der Waals surface area contributed by atoms with Crippen LogP contribution in [0, 0.1) is 27.0 Å². The molecule has 8 rings (SSSR count). The molecular weight excluding hydrogens is 890 g/mol. The fourth-order valence-corrected chi connectivity index (χ4v) is 7.45. The Balaban J connectivity index is 0.00000595. The standard InChI is InChI=1S/C53H49N3O.Pt/c1-34-25-35(2)50(57-9)46(26-34)51-55-49-45(21-16-22-48(49)56(51)44-31-39(37-19-14-11-15-20-37)28-43(33-44)53(6,7)8)40-27-41(30-42(29-40)52(3,4)5)47-32-38(23-24-54-47)36-17-12-10-13-18-36;/h10-26,28-33H,9H2,1-8H3;/q-2;+2/i10D,12D,13D,17D,18D;. The van der Waals surface area contributed by atoms with Gasteiger partial charge in [0.05, 0.1) is 29.2 Å². The number of para-hydroxylation sites is 1. The molecule has 0 radical (unpaired) electrons. The molecule has 0 N–H and O–H groups in total. The zero-order valence-electron chi connectivity index (χ0n) is 39.2. The van der Waals surface area contributed by atoms with Crippen LogP contribution < -0.4 is 4.74 Å². The molecule has 0 unspecified atom stereocenters. The minimum atomic E-state index is -0.431. The van der Waals surface area contributed by atoms with Crippen LogP contribution >= 0.6 is 0 Å². The third-order valence-corrected chi connectivity index (χ3v) is 10.5. The molecule has 292 valence electrons. The van der Waals surface area contributed by atoms with E-state index in [9.17, 15) is 0 Å². The van der Waals surface area contributed by atoms with E-state index in [0.29, 0.717) is 28.4 Å². The predicted octanol–water partition coefficient (Wildman–Crippen LogP) is 13.9. The molecule has 5 heteroatoms. The second kappa shape index (κ2) is 16.0. The topological polar surface area (TPSA) is 39.9 Å². The zero-order chi connectivity index (χ0) is 44.4. The van der Waals surface area contributed by atoms with Gasteiger partial charge < -0.3 is 4.74 Å². The second-order valence-corrected chi connectivity index (χ2v) is 16.8. The minimum Gasteiger partial charge on any atom is -0.665 e. The largest absolute Gasteiger partial charge is 2.00 e. The molecule has 8 aromatic rings. The van der Waals surface area contributed by atoms with E-state index < -0.39 is 6.04 Å². The molecule has 58 heavy (non-hydrogen) atoms. The summed E-state index contributed by atoms with van der Waals surface area (Å²) < 4.78 is 50.1. The third kappa shape index (κ3) is 7.96. The van der Waals surface area contributed by atoms with Crippen molar-refractivity contribution in [3.05, 3.63) is 175 Å². The number of hydrogen-bond acceptors (Lipinski definition) is 3. The molecule has 0 aliphatic carbocycles. The summed E-state index contributed by atoms with van der Waals surface area (Å²) in [5.41, 5.74) is 13.0. The van der Waals surface area contributed by atoms with Crippen LogP contribution in [0.4, 0.5) is 0 Å². The summed E-state index contributed by atoms with van der Waals surface area (Å²) in [4.78, 5) is 10.3. The summed E-state index contributed by atoms with van der Waals surface area (Å²) in [5, 5.41) is 0. The summed E-state index contributed by atoms with van der Waals surface area (Å²) in [6, 6.07) is 37.3. The van der Waals surface area contributed by atoms with E-state index in [2.05, 4.69) is 151 Å². The van der Waals surface area contributed by atoms with Gasteiger partial charge in [0.15, 0.2) is 0 Å². The maximum absolute atomic E-state index is 8.66. The van der Waals surface area contributed by atoms with Crippen molar-refractivity contribution < 1.29 is 32.7 Å². The maximum Gasteiger partial charge on any atom is 2.00 e. The van der Waals surface area contributed by atoms with Gasteiger partial charge in [-0.05, 0) is 94.0 Å². The molecule has 0 bridgehead atoms. The van der Waals surface area contributed by atoms with Crippen LogP contribution in [0.1, 0.15) is 70.7 Å². The molecule has 0 saturated carbocycles. The van der Waals surface area contributed by atoms with Crippen LogP contribution in [-0.2, 0) is 31.9 Å². The van der Waals surface area contributed by atoms with Crippen LogP contribution in [-0.4, -0.2) is 14.5 Å². The van der Waals surface area contributed by atoms with Gasteiger partial charge in [0.1, 0.15) is 5.82 Å². The molecule has 4 nitrogen and oxygen atoms in total. The molecule has 2 heterocycles. The molecule has 0 amide bonds. The van der Waals surface area contributed by atoms with E-state index in [0.717, 1.165) is 61.2 Å². The average Bonchev–Trinajstić information content (AvgIpc) is 3.64. The quantitative estimate of drug-likeness (QED) is 0.150. The van der Waals surface area contributed by atoms with E-state index >= 15 is 0 Å². The Hall–Kier alpha value is -5.57. The van der Waals surface area contributed by atoms with Crippen molar-refractivity contribution in [3.8, 4) is 67.5 Å². The number of hydrogen-bond donors (Lipinski definition) is 0. The van der Waals surface area contributed by atoms with Crippen molar-refractivity contribution in [2.45, 2.75) is 66.2 Å². The Morgan fingerprint density at radius 1 is 0.672 bits per heavy atom. The summed E-state index contributed by atoms with van der Waals surface area (Å²) in [6.45, 7) is 17.3. The SMILES string of the molecule is [2H]c1c([2H])c([2H])c(-c2ccnc(-c3[c-]c(-c4cccc5c4nc(-c4cc(C)cc(C)c4O[CH2-])n5-c4cc(-c5ccccc5)cc(C(C)(C)C)c4)cc(C(C)(C)C)c3)c2)c([2H])c1[2H].[Pt+2]. The smallest absolute Gasteiger partial charge is 0.665 e. The van der Waals surface area contributed by atoms with Crippen LogP contribution in [0.25, 0.3) is 72.7 Å². The van der Waals surface area contributed by atoms with E-state index in [1.54, 1.807) is 18.3 Å². The number of pyridine rings is 1. The molecule has 0 aliphatic heterocycles. The van der Waals surface area contributed by atoms with Gasteiger partial charge in [-0.3, -0.25) is 9.55 Å². The van der Waals surface area contributed by atoms with Crippen molar-refractivity contribution in [1.82, 2.24) is 14.5 Å². The number of aryl methyl sites for hydroxylation is 2. The maximum atomic E-state index is 8.66. The molecule has 0 aliphatic rings. The Kier molecular flexibility index (Phi) is 9.50. The molecule has 0 saturated heterocycles. The number of imidazole rings is 1. The van der Waals surface area contributed by atoms with E-state index in [-0.39, 0.29) is 61.6 Å². The molecule has 0 fully saturated rings. The summed E-state index contributed by atoms with van der Waals surface area (Å²) in [6.07, 6.45) is 1.61. The number of nitrogens with zero attached hydrogens (tertiary/aromatic N) is 3. The summed E-state index contributed by atoms with van der Waals surface area (Å²) in [7, 11) is 3.88. The Labute approximate surface area is 365 Å². The van der Waals surface area contributed by atoms with Gasteiger partial charge in [0.25, 0.3) is 0 Å².